The molecule has 0 saturated heterocycles. The minimum atomic E-state index is -0.359. The predicted molar refractivity (Wildman–Crippen MR) is 45.9 cm³/mol. The zero-order chi connectivity index (χ0) is 8.10. The lowest BCUT2D eigenvalue weighted by atomic mass is 10.3. The van der Waals surface area contributed by atoms with E-state index >= 15 is 0 Å². The summed E-state index contributed by atoms with van der Waals surface area (Å²) in [6.07, 6.45) is 0. The smallest absolute Gasteiger partial charge is 0.107 e. The summed E-state index contributed by atoms with van der Waals surface area (Å²) in [7, 11) is 0. The Balaban J connectivity index is 2.52. The molecule has 0 aliphatic heterocycles. The number of alkyl halides is 1. The summed E-state index contributed by atoms with van der Waals surface area (Å²) < 4.78 is 11.7. The van der Waals surface area contributed by atoms with Crippen LogP contribution in [-0.2, 0) is 0 Å². The molecule has 1 aromatic carbocycles. The van der Waals surface area contributed by atoms with Crippen LogP contribution in [0.2, 0.25) is 5.02 Å². The maximum Gasteiger partial charge on any atom is 0.107 e. The molecule has 1 nitrogen and oxygen atoms in total. The van der Waals surface area contributed by atoms with E-state index < -0.39 is 0 Å². The summed E-state index contributed by atoms with van der Waals surface area (Å²) in [5.41, 5.74) is 0.895. The molecule has 1 aromatic rings. The Hall–Kier alpha value is -0.760. The molecule has 0 unspecified atom stereocenters. The lowest BCUT2D eigenvalue weighted by Gasteiger charge is -2.01. The number of benzene rings is 1. The van der Waals surface area contributed by atoms with Crippen LogP contribution in [0.5, 0.6) is 0 Å². The first-order chi connectivity index (χ1) is 5.33. The monoisotopic (exact) mass is 173 g/mol. The molecule has 60 valence electrons. The number of hydrogen-bond acceptors (Lipinski definition) is 1. The first-order valence-corrected chi connectivity index (χ1v) is 3.76. The zero-order valence-corrected chi connectivity index (χ0v) is 6.74. The maximum atomic E-state index is 11.7. The van der Waals surface area contributed by atoms with Crippen molar-refractivity contribution in [2.75, 3.05) is 18.5 Å². The van der Waals surface area contributed by atoms with Crippen molar-refractivity contribution in [2.24, 2.45) is 0 Å². The summed E-state index contributed by atoms with van der Waals surface area (Å²) in [5, 5.41) is 3.58. The molecule has 0 heterocycles. The standard InChI is InChI=1S/C8H9ClFN/c9-7-1-3-8(4-2-7)11-6-5-10/h1-4,11H,5-6H2. The predicted octanol–water partition coefficient (Wildman–Crippen LogP) is 2.72. The van der Waals surface area contributed by atoms with Gasteiger partial charge in [-0.05, 0) is 24.3 Å². The molecule has 0 aromatic heterocycles. The number of rotatable bonds is 3. The van der Waals surface area contributed by atoms with Crippen molar-refractivity contribution in [1.29, 1.82) is 0 Å². The molecule has 1 rings (SSSR count). The average molecular weight is 174 g/mol. The van der Waals surface area contributed by atoms with Crippen molar-refractivity contribution in [3.63, 3.8) is 0 Å². The Bertz CT molecular complexity index is 210. The highest BCUT2D eigenvalue weighted by atomic mass is 35.5. The number of anilines is 1. The summed E-state index contributed by atoms with van der Waals surface area (Å²) >= 11 is 5.64. The number of halogens is 2. The molecule has 0 bridgehead atoms. The third-order valence-corrected chi connectivity index (χ3v) is 1.52. The van der Waals surface area contributed by atoms with Gasteiger partial charge in [-0.3, -0.25) is 0 Å². The normalized spacial score (nSPS) is 9.64. The van der Waals surface area contributed by atoms with Gasteiger partial charge in [-0.25, -0.2) is 4.39 Å². The third-order valence-electron chi connectivity index (χ3n) is 1.27. The Kier molecular flexibility index (Phi) is 3.17. The van der Waals surface area contributed by atoms with Crippen LogP contribution in [0.15, 0.2) is 24.3 Å². The van der Waals surface area contributed by atoms with Gasteiger partial charge in [-0.1, -0.05) is 11.6 Å². The molecule has 0 aliphatic carbocycles. The van der Waals surface area contributed by atoms with E-state index in [1.54, 1.807) is 12.1 Å². The molecule has 3 heteroatoms. The van der Waals surface area contributed by atoms with Crippen molar-refractivity contribution in [3.05, 3.63) is 29.3 Å². The van der Waals surface area contributed by atoms with Gasteiger partial charge in [0, 0.05) is 17.3 Å². The van der Waals surface area contributed by atoms with E-state index in [-0.39, 0.29) is 6.67 Å². The van der Waals surface area contributed by atoms with E-state index in [0.717, 1.165) is 5.69 Å². The minimum Gasteiger partial charge on any atom is -0.382 e. The van der Waals surface area contributed by atoms with E-state index in [4.69, 9.17) is 11.6 Å². The molecule has 1 N–H and O–H groups in total. The fourth-order valence-electron chi connectivity index (χ4n) is 0.759. The van der Waals surface area contributed by atoms with Gasteiger partial charge < -0.3 is 5.32 Å². The molecule has 0 saturated carbocycles. The number of nitrogens with one attached hydrogen (secondary N) is 1. The SMILES string of the molecule is FCCNc1ccc(Cl)cc1. The summed E-state index contributed by atoms with van der Waals surface area (Å²) in [4.78, 5) is 0. The van der Waals surface area contributed by atoms with Gasteiger partial charge >= 0.3 is 0 Å². The first-order valence-electron chi connectivity index (χ1n) is 3.38. The maximum absolute atomic E-state index is 11.7. The van der Waals surface area contributed by atoms with Gasteiger partial charge in [0.1, 0.15) is 6.67 Å². The second-order valence-electron chi connectivity index (χ2n) is 2.12. The van der Waals surface area contributed by atoms with Crippen LogP contribution in [0.1, 0.15) is 0 Å². The van der Waals surface area contributed by atoms with Gasteiger partial charge in [0.2, 0.25) is 0 Å². The zero-order valence-electron chi connectivity index (χ0n) is 5.98. The fraction of sp³-hybridized carbons (Fsp3) is 0.250. The highest BCUT2D eigenvalue weighted by molar-refractivity contribution is 6.30. The fourth-order valence-corrected chi connectivity index (χ4v) is 0.885. The van der Waals surface area contributed by atoms with Gasteiger partial charge in [0.25, 0.3) is 0 Å². The average Bonchev–Trinajstić information content (AvgIpc) is 2.04. The van der Waals surface area contributed by atoms with Gasteiger partial charge in [0.15, 0.2) is 0 Å². The Morgan fingerprint density at radius 3 is 2.45 bits per heavy atom. The van der Waals surface area contributed by atoms with E-state index in [1.165, 1.54) is 0 Å². The molecular formula is C8H9ClFN. The van der Waals surface area contributed by atoms with Crippen LogP contribution >= 0.6 is 11.6 Å². The quantitative estimate of drug-likeness (QED) is 0.741. The van der Waals surface area contributed by atoms with Crippen LogP contribution in [0.3, 0.4) is 0 Å². The first kappa shape index (κ1) is 8.34. The Morgan fingerprint density at radius 2 is 1.91 bits per heavy atom. The van der Waals surface area contributed by atoms with E-state index in [1.807, 2.05) is 12.1 Å². The highest BCUT2D eigenvalue weighted by Gasteiger charge is 1.89. The highest BCUT2D eigenvalue weighted by Crippen LogP contribution is 2.12. The molecule has 0 amide bonds. The lowest BCUT2D eigenvalue weighted by molar-refractivity contribution is 0.513. The summed E-state index contributed by atoms with van der Waals surface area (Å²) in [5.74, 6) is 0. The Morgan fingerprint density at radius 1 is 1.27 bits per heavy atom. The largest absolute Gasteiger partial charge is 0.382 e. The van der Waals surface area contributed by atoms with E-state index in [2.05, 4.69) is 5.32 Å². The molecule has 0 spiro atoms. The lowest BCUT2D eigenvalue weighted by Crippen LogP contribution is -2.02. The van der Waals surface area contributed by atoms with Crippen molar-refractivity contribution in [3.8, 4) is 0 Å². The molecule has 0 fully saturated rings. The van der Waals surface area contributed by atoms with Crippen LogP contribution in [0.4, 0.5) is 10.1 Å². The Labute approximate surface area is 70.2 Å². The van der Waals surface area contributed by atoms with Crippen molar-refractivity contribution in [1.82, 2.24) is 0 Å². The van der Waals surface area contributed by atoms with Crippen LogP contribution < -0.4 is 5.32 Å². The minimum absolute atomic E-state index is 0.349. The van der Waals surface area contributed by atoms with Gasteiger partial charge in [-0.2, -0.15) is 0 Å². The van der Waals surface area contributed by atoms with Gasteiger partial charge in [0.05, 0.1) is 0 Å². The van der Waals surface area contributed by atoms with Crippen molar-refractivity contribution in [2.45, 2.75) is 0 Å². The third kappa shape index (κ3) is 2.76. The summed E-state index contributed by atoms with van der Waals surface area (Å²) in [6, 6.07) is 7.17. The second kappa shape index (κ2) is 4.19. The number of hydrogen-bond donors (Lipinski definition) is 1. The van der Waals surface area contributed by atoms with Crippen LogP contribution in [-0.4, -0.2) is 13.2 Å². The van der Waals surface area contributed by atoms with Crippen molar-refractivity contribution < 1.29 is 4.39 Å². The van der Waals surface area contributed by atoms with Gasteiger partial charge in [-0.15, -0.1) is 0 Å². The topological polar surface area (TPSA) is 12.0 Å². The molecule has 0 aliphatic rings. The van der Waals surface area contributed by atoms with Crippen LogP contribution in [0.25, 0.3) is 0 Å². The second-order valence-corrected chi connectivity index (χ2v) is 2.56. The molecular weight excluding hydrogens is 165 g/mol. The van der Waals surface area contributed by atoms with Crippen LogP contribution in [0, 0.1) is 0 Å². The molecule has 0 radical (unpaired) electrons. The molecule has 0 atom stereocenters. The summed E-state index contributed by atoms with van der Waals surface area (Å²) in [6.45, 7) is -0.00966. The van der Waals surface area contributed by atoms with E-state index in [9.17, 15) is 4.39 Å². The van der Waals surface area contributed by atoms with Crippen molar-refractivity contribution >= 4 is 17.3 Å². The van der Waals surface area contributed by atoms with E-state index in [0.29, 0.717) is 11.6 Å². The molecule has 11 heavy (non-hydrogen) atoms.